The number of anilines is 1. The van der Waals surface area contributed by atoms with Crippen molar-refractivity contribution in [2.75, 3.05) is 11.9 Å². The Morgan fingerprint density at radius 1 is 1.20 bits per heavy atom. The summed E-state index contributed by atoms with van der Waals surface area (Å²) < 4.78 is 8.49. The molecule has 30 heavy (non-hydrogen) atoms. The van der Waals surface area contributed by atoms with Gasteiger partial charge >= 0.3 is 0 Å². The van der Waals surface area contributed by atoms with Gasteiger partial charge in [0.2, 0.25) is 11.7 Å². The monoisotopic (exact) mass is 409 g/mol. The highest BCUT2D eigenvalue weighted by molar-refractivity contribution is 5.90. The Balaban J connectivity index is 1.57. The molecule has 1 amide bonds. The molecule has 1 aromatic carbocycles. The van der Waals surface area contributed by atoms with Gasteiger partial charge in [0.05, 0.1) is 6.61 Å². The minimum absolute atomic E-state index is 0.0472. The van der Waals surface area contributed by atoms with E-state index in [4.69, 9.17) is 4.74 Å². The van der Waals surface area contributed by atoms with E-state index in [0.29, 0.717) is 29.6 Å². The summed E-state index contributed by atoms with van der Waals surface area (Å²) in [5, 5.41) is 7.37. The SMILES string of the molecule is CCOc1ccc(NC(=O)Cn2c(C)cc(=O)n3nc(C4CCCCC4)nc23)cc1. The summed E-state index contributed by atoms with van der Waals surface area (Å²) in [5.74, 6) is 1.96. The number of aromatic nitrogens is 4. The summed E-state index contributed by atoms with van der Waals surface area (Å²) in [6.45, 7) is 4.37. The van der Waals surface area contributed by atoms with E-state index in [9.17, 15) is 9.59 Å². The van der Waals surface area contributed by atoms with Crippen LogP contribution in [-0.2, 0) is 11.3 Å². The van der Waals surface area contributed by atoms with E-state index in [1.54, 1.807) is 23.6 Å². The van der Waals surface area contributed by atoms with Crippen LogP contribution in [0.2, 0.25) is 0 Å². The number of fused-ring (bicyclic) bond motifs is 1. The minimum Gasteiger partial charge on any atom is -0.494 e. The standard InChI is InChI=1S/C22H27N5O3/c1-3-30-18-11-9-17(10-12-18)23-19(28)14-26-15(2)13-20(29)27-22(26)24-21(25-27)16-7-5-4-6-8-16/h9-13,16H,3-8,14H2,1-2H3,(H,23,28). The second-order valence-corrected chi connectivity index (χ2v) is 7.73. The summed E-state index contributed by atoms with van der Waals surface area (Å²) in [7, 11) is 0. The quantitative estimate of drug-likeness (QED) is 0.675. The van der Waals surface area contributed by atoms with Gasteiger partial charge in [-0.05, 0) is 51.0 Å². The van der Waals surface area contributed by atoms with Gasteiger partial charge in [-0.2, -0.15) is 9.50 Å². The topological polar surface area (TPSA) is 90.5 Å². The number of carbonyl (C=O) groups excluding carboxylic acids is 1. The maximum absolute atomic E-state index is 12.7. The maximum atomic E-state index is 12.7. The Morgan fingerprint density at radius 3 is 2.63 bits per heavy atom. The third kappa shape index (κ3) is 4.22. The predicted molar refractivity (Wildman–Crippen MR) is 114 cm³/mol. The molecule has 3 aromatic rings. The lowest BCUT2D eigenvalue weighted by Crippen LogP contribution is -2.25. The number of ether oxygens (including phenoxy) is 1. The average molecular weight is 409 g/mol. The molecule has 0 atom stereocenters. The van der Waals surface area contributed by atoms with Gasteiger partial charge < -0.3 is 14.6 Å². The maximum Gasteiger partial charge on any atom is 0.275 e. The van der Waals surface area contributed by atoms with Gasteiger partial charge in [0.25, 0.3) is 5.56 Å². The molecule has 4 rings (SSSR count). The normalized spacial score (nSPS) is 14.7. The predicted octanol–water partition coefficient (Wildman–Crippen LogP) is 3.28. The lowest BCUT2D eigenvalue weighted by Gasteiger charge is -2.17. The summed E-state index contributed by atoms with van der Waals surface area (Å²) in [6.07, 6.45) is 5.65. The molecular weight excluding hydrogens is 382 g/mol. The molecule has 1 N–H and O–H groups in total. The largest absolute Gasteiger partial charge is 0.494 e. The van der Waals surface area contributed by atoms with E-state index in [-0.39, 0.29) is 23.9 Å². The number of benzene rings is 1. The number of nitrogens with one attached hydrogen (secondary N) is 1. The Morgan fingerprint density at radius 2 is 1.93 bits per heavy atom. The van der Waals surface area contributed by atoms with Gasteiger partial charge in [0.15, 0.2) is 5.82 Å². The zero-order valence-corrected chi connectivity index (χ0v) is 17.4. The van der Waals surface area contributed by atoms with Crippen LogP contribution in [0, 0.1) is 6.92 Å². The fourth-order valence-electron chi connectivity index (χ4n) is 3.99. The van der Waals surface area contributed by atoms with Gasteiger partial charge in [-0.1, -0.05) is 19.3 Å². The van der Waals surface area contributed by atoms with Crippen molar-refractivity contribution >= 4 is 17.4 Å². The molecule has 1 fully saturated rings. The second-order valence-electron chi connectivity index (χ2n) is 7.73. The molecule has 1 aliphatic rings. The molecule has 8 nitrogen and oxygen atoms in total. The number of nitrogens with zero attached hydrogens (tertiary/aromatic N) is 4. The minimum atomic E-state index is -0.222. The molecule has 0 saturated heterocycles. The van der Waals surface area contributed by atoms with Crippen LogP contribution in [0.5, 0.6) is 5.75 Å². The molecule has 0 bridgehead atoms. The van der Waals surface area contributed by atoms with Crippen LogP contribution in [0.4, 0.5) is 5.69 Å². The van der Waals surface area contributed by atoms with Crippen molar-refractivity contribution in [1.29, 1.82) is 0 Å². The first kappa shape index (κ1) is 20.1. The zero-order valence-electron chi connectivity index (χ0n) is 17.4. The molecule has 8 heteroatoms. The summed E-state index contributed by atoms with van der Waals surface area (Å²) in [5.41, 5.74) is 1.14. The first-order chi connectivity index (χ1) is 14.5. The van der Waals surface area contributed by atoms with E-state index in [1.165, 1.54) is 17.0 Å². The summed E-state index contributed by atoms with van der Waals surface area (Å²) >= 11 is 0. The van der Waals surface area contributed by atoms with Crippen molar-refractivity contribution in [2.45, 2.75) is 58.4 Å². The second kappa shape index (κ2) is 8.69. The van der Waals surface area contributed by atoms with Gasteiger partial charge in [0.1, 0.15) is 12.3 Å². The van der Waals surface area contributed by atoms with Crippen LogP contribution in [0.25, 0.3) is 5.78 Å². The molecule has 0 radical (unpaired) electrons. The zero-order chi connectivity index (χ0) is 21.1. The van der Waals surface area contributed by atoms with Crippen molar-refractivity contribution in [1.82, 2.24) is 19.2 Å². The van der Waals surface area contributed by atoms with Gasteiger partial charge in [-0.3, -0.25) is 9.59 Å². The fourth-order valence-corrected chi connectivity index (χ4v) is 3.99. The lowest BCUT2D eigenvalue weighted by atomic mass is 9.89. The molecule has 2 heterocycles. The first-order valence-electron chi connectivity index (χ1n) is 10.5. The molecule has 158 valence electrons. The number of rotatable bonds is 6. The van der Waals surface area contributed by atoms with Crippen LogP contribution in [0.15, 0.2) is 35.1 Å². The van der Waals surface area contributed by atoms with Gasteiger partial charge in [-0.25, -0.2) is 0 Å². The molecule has 1 aliphatic carbocycles. The highest BCUT2D eigenvalue weighted by atomic mass is 16.5. The van der Waals surface area contributed by atoms with Crippen molar-refractivity contribution in [3.05, 3.63) is 52.2 Å². The van der Waals surface area contributed by atoms with Gasteiger partial charge in [0, 0.05) is 23.4 Å². The smallest absolute Gasteiger partial charge is 0.275 e. The van der Waals surface area contributed by atoms with E-state index >= 15 is 0 Å². The van der Waals surface area contributed by atoms with Crippen molar-refractivity contribution in [3.8, 4) is 5.75 Å². The van der Waals surface area contributed by atoms with Crippen LogP contribution >= 0.6 is 0 Å². The van der Waals surface area contributed by atoms with Crippen LogP contribution in [0.1, 0.15) is 56.5 Å². The van der Waals surface area contributed by atoms with Gasteiger partial charge in [-0.15, -0.1) is 5.10 Å². The number of aryl methyl sites for hydroxylation is 1. The highest BCUT2D eigenvalue weighted by Crippen LogP contribution is 2.30. The highest BCUT2D eigenvalue weighted by Gasteiger charge is 2.22. The van der Waals surface area contributed by atoms with E-state index in [1.807, 2.05) is 19.1 Å². The Labute approximate surface area is 174 Å². The Hall–Kier alpha value is -3.16. The van der Waals surface area contributed by atoms with Crippen LogP contribution < -0.4 is 15.6 Å². The third-order valence-corrected chi connectivity index (χ3v) is 5.54. The first-order valence-corrected chi connectivity index (χ1v) is 10.5. The average Bonchev–Trinajstić information content (AvgIpc) is 3.19. The summed E-state index contributed by atoms with van der Waals surface area (Å²) in [4.78, 5) is 29.8. The number of hydrogen-bond acceptors (Lipinski definition) is 5. The Bertz CT molecular complexity index is 1090. The number of hydrogen-bond donors (Lipinski definition) is 1. The Kier molecular flexibility index (Phi) is 5.83. The van der Waals surface area contributed by atoms with Crippen molar-refractivity contribution in [2.24, 2.45) is 0 Å². The number of carbonyl (C=O) groups is 1. The van der Waals surface area contributed by atoms with Crippen LogP contribution in [0.3, 0.4) is 0 Å². The van der Waals surface area contributed by atoms with E-state index < -0.39 is 0 Å². The molecule has 0 spiro atoms. The van der Waals surface area contributed by atoms with E-state index in [2.05, 4.69) is 15.4 Å². The molecule has 2 aromatic heterocycles. The van der Waals surface area contributed by atoms with Crippen LogP contribution in [-0.4, -0.2) is 31.7 Å². The molecule has 0 unspecified atom stereocenters. The molecular formula is C22H27N5O3. The lowest BCUT2D eigenvalue weighted by molar-refractivity contribution is -0.116. The van der Waals surface area contributed by atoms with Crippen molar-refractivity contribution < 1.29 is 9.53 Å². The molecule has 1 saturated carbocycles. The third-order valence-electron chi connectivity index (χ3n) is 5.54. The summed E-state index contributed by atoms with van der Waals surface area (Å²) in [6, 6.07) is 8.73. The number of amides is 1. The van der Waals surface area contributed by atoms with E-state index in [0.717, 1.165) is 31.4 Å². The molecule has 0 aliphatic heterocycles. The fraction of sp³-hybridized carbons (Fsp3) is 0.455. The van der Waals surface area contributed by atoms with Crippen molar-refractivity contribution in [3.63, 3.8) is 0 Å².